The van der Waals surface area contributed by atoms with Crippen LogP contribution in [0, 0.1) is 0 Å². The largest absolute Gasteiger partial charge is 0.286 e. The zero-order valence-electron chi connectivity index (χ0n) is 4.17. The van der Waals surface area contributed by atoms with Crippen LogP contribution >= 0.6 is 24.6 Å². The summed E-state index contributed by atoms with van der Waals surface area (Å²) in [6, 6.07) is 0. The fraction of sp³-hybridized carbons (Fsp3) is 0.333. The van der Waals surface area contributed by atoms with Crippen molar-refractivity contribution in [2.75, 3.05) is 0 Å². The van der Waals surface area contributed by atoms with Gasteiger partial charge in [0.25, 0.3) is 5.24 Å². The summed E-state index contributed by atoms with van der Waals surface area (Å²) in [4.78, 5) is 20.0. The quantitative estimate of drug-likeness (QED) is 0.398. The number of hydrogen-bond acceptors (Lipinski definition) is 3. The molecule has 0 aromatic heterocycles. The molecule has 8 heavy (non-hydrogen) atoms. The average Bonchev–Trinajstić information content (AvgIpc) is 1.61. The van der Waals surface area contributed by atoms with Gasteiger partial charge in [0.05, 0.1) is 0 Å². The summed E-state index contributed by atoms with van der Waals surface area (Å²) in [7, 11) is 0. The van der Waals surface area contributed by atoms with Crippen molar-refractivity contribution in [2.45, 2.75) is 6.92 Å². The fourth-order valence-corrected chi connectivity index (χ4v) is 0.483. The highest BCUT2D eigenvalue weighted by molar-refractivity contribution is 8.13. The molecule has 46 valence electrons. The van der Waals surface area contributed by atoms with Crippen LogP contribution in [-0.4, -0.2) is 10.4 Å². The number of carbonyl (C=O) groups excluding carboxylic acids is 2. The molecule has 0 fully saturated rings. The Balaban J connectivity index is 3.18. The molecule has 0 atom stereocenters. The molecule has 0 spiro atoms. The van der Waals surface area contributed by atoms with E-state index in [1.807, 2.05) is 0 Å². The molecule has 0 aliphatic carbocycles. The normalized spacial score (nSPS) is 8.25. The van der Waals surface area contributed by atoms with Gasteiger partial charge in [-0.25, -0.2) is 0 Å². The van der Waals surface area contributed by atoms with Gasteiger partial charge in [0.2, 0.25) is 5.12 Å². The maximum atomic E-state index is 10.1. The highest BCUT2D eigenvalue weighted by Gasteiger charge is 1.94. The van der Waals surface area contributed by atoms with Crippen molar-refractivity contribution in [3.8, 4) is 0 Å². The van der Waals surface area contributed by atoms with Gasteiger partial charge in [-0.2, -0.15) is 0 Å². The molecule has 3 nitrogen and oxygen atoms in total. The van der Waals surface area contributed by atoms with Crippen LogP contribution in [0.4, 0.5) is 4.79 Å². The third-order valence-corrected chi connectivity index (χ3v) is 1.12. The number of thiol groups is 1. The van der Waals surface area contributed by atoms with Crippen molar-refractivity contribution >= 4 is 34.9 Å². The summed E-state index contributed by atoms with van der Waals surface area (Å²) in [6.45, 7) is 1.36. The van der Waals surface area contributed by atoms with Crippen LogP contribution in [0.15, 0.2) is 0 Å². The summed E-state index contributed by atoms with van der Waals surface area (Å²) in [5.41, 5.74) is 0. The first-order valence-electron chi connectivity index (χ1n) is 1.79. The van der Waals surface area contributed by atoms with Crippen LogP contribution in [0.3, 0.4) is 0 Å². The highest BCUT2D eigenvalue weighted by Crippen LogP contribution is 1.94. The van der Waals surface area contributed by atoms with Crippen LogP contribution in [0.1, 0.15) is 6.92 Å². The van der Waals surface area contributed by atoms with E-state index in [0.717, 1.165) is 11.9 Å². The second-order valence-corrected chi connectivity index (χ2v) is 2.39. The van der Waals surface area contributed by atoms with E-state index in [2.05, 4.69) is 17.4 Å². The number of rotatable bonds is 0. The molecule has 1 N–H and O–H groups in total. The van der Waals surface area contributed by atoms with Gasteiger partial charge in [-0.15, -0.1) is 0 Å². The van der Waals surface area contributed by atoms with Crippen molar-refractivity contribution in [2.24, 2.45) is 0 Å². The fourth-order valence-electron chi connectivity index (χ4n) is 0.116. The van der Waals surface area contributed by atoms with Crippen LogP contribution in [0.5, 0.6) is 0 Å². The molecular formula is C3H5NO2S2. The van der Waals surface area contributed by atoms with Crippen LogP contribution in [0.25, 0.3) is 0 Å². The van der Waals surface area contributed by atoms with Crippen molar-refractivity contribution in [1.82, 2.24) is 4.72 Å². The summed E-state index contributed by atoms with van der Waals surface area (Å²) in [5.74, 6) is 0. The Morgan fingerprint density at radius 3 is 2.25 bits per heavy atom. The van der Waals surface area contributed by atoms with E-state index in [1.165, 1.54) is 6.92 Å². The molecule has 0 rings (SSSR count). The zero-order valence-corrected chi connectivity index (χ0v) is 5.88. The molecule has 0 aliphatic heterocycles. The highest BCUT2D eigenvalue weighted by atomic mass is 32.2. The van der Waals surface area contributed by atoms with E-state index in [-0.39, 0.29) is 5.12 Å². The van der Waals surface area contributed by atoms with Gasteiger partial charge in [-0.3, -0.25) is 14.3 Å². The van der Waals surface area contributed by atoms with Gasteiger partial charge >= 0.3 is 0 Å². The molecule has 0 aromatic rings. The summed E-state index contributed by atoms with van der Waals surface area (Å²) < 4.78 is 2.14. The van der Waals surface area contributed by atoms with Gasteiger partial charge in [-0.05, 0) is 0 Å². The molecular weight excluding hydrogens is 146 g/mol. The molecule has 0 aliphatic rings. The molecule has 0 radical (unpaired) electrons. The maximum Gasteiger partial charge on any atom is 0.286 e. The lowest BCUT2D eigenvalue weighted by Gasteiger charge is -1.90. The number of nitrogens with one attached hydrogen (secondary N) is 1. The van der Waals surface area contributed by atoms with Crippen LogP contribution < -0.4 is 4.72 Å². The van der Waals surface area contributed by atoms with Crippen molar-refractivity contribution < 1.29 is 9.59 Å². The van der Waals surface area contributed by atoms with Crippen molar-refractivity contribution in [1.29, 1.82) is 0 Å². The molecule has 0 aromatic carbocycles. The van der Waals surface area contributed by atoms with E-state index < -0.39 is 5.24 Å². The van der Waals surface area contributed by atoms with Gasteiger partial charge in [0, 0.05) is 18.9 Å². The molecule has 0 unspecified atom stereocenters. The first-order valence-corrected chi connectivity index (χ1v) is 3.05. The molecule has 0 bridgehead atoms. The first kappa shape index (κ1) is 7.84. The monoisotopic (exact) mass is 151 g/mol. The number of hydrogen-bond donors (Lipinski definition) is 2. The van der Waals surface area contributed by atoms with Crippen molar-refractivity contribution in [3.63, 3.8) is 0 Å². The lowest BCUT2D eigenvalue weighted by molar-refractivity contribution is -0.109. The van der Waals surface area contributed by atoms with E-state index in [0.29, 0.717) is 0 Å². The lowest BCUT2D eigenvalue weighted by atomic mass is 10.9. The number of carbonyl (C=O) groups is 2. The average molecular weight is 151 g/mol. The standard InChI is InChI=1S/C3H5NO2S2/c1-2(5)8-4-3(6)7/h1H3,(H2,4,6,7). The Bertz CT molecular complexity index is 99.9. The smallest absolute Gasteiger partial charge is 0.286 e. The lowest BCUT2D eigenvalue weighted by Crippen LogP contribution is -2.07. The van der Waals surface area contributed by atoms with Gasteiger partial charge in [0.15, 0.2) is 0 Å². The zero-order chi connectivity index (χ0) is 6.57. The Morgan fingerprint density at radius 2 is 2.12 bits per heavy atom. The Kier molecular flexibility index (Phi) is 3.72. The van der Waals surface area contributed by atoms with E-state index in [4.69, 9.17) is 0 Å². The Morgan fingerprint density at radius 1 is 1.62 bits per heavy atom. The second kappa shape index (κ2) is 3.80. The predicted octanol–water partition coefficient (Wildman–Crippen LogP) is 0.820. The predicted molar refractivity (Wildman–Crippen MR) is 35.8 cm³/mol. The van der Waals surface area contributed by atoms with E-state index in [9.17, 15) is 9.59 Å². The molecule has 1 amide bonds. The molecule has 0 saturated carbocycles. The second-order valence-electron chi connectivity index (χ2n) is 1.00. The molecule has 0 heterocycles. The number of amides is 1. The van der Waals surface area contributed by atoms with Gasteiger partial charge in [0.1, 0.15) is 0 Å². The minimum atomic E-state index is -0.509. The third-order valence-electron chi connectivity index (χ3n) is 0.282. The maximum absolute atomic E-state index is 10.1. The topological polar surface area (TPSA) is 46.2 Å². The van der Waals surface area contributed by atoms with Crippen LogP contribution in [0.2, 0.25) is 0 Å². The van der Waals surface area contributed by atoms with Crippen LogP contribution in [-0.2, 0) is 4.79 Å². The summed E-state index contributed by atoms with van der Waals surface area (Å²) >= 11 is 4.07. The van der Waals surface area contributed by atoms with Crippen molar-refractivity contribution in [3.05, 3.63) is 0 Å². The Labute approximate surface area is 56.8 Å². The SMILES string of the molecule is CC(=O)SNC(=O)S. The summed E-state index contributed by atoms with van der Waals surface area (Å²) in [5, 5.41) is -0.669. The van der Waals surface area contributed by atoms with E-state index >= 15 is 0 Å². The van der Waals surface area contributed by atoms with Gasteiger partial charge < -0.3 is 0 Å². The molecule has 0 saturated heterocycles. The minimum Gasteiger partial charge on any atom is -0.286 e. The summed E-state index contributed by atoms with van der Waals surface area (Å²) in [6.07, 6.45) is 0. The minimum absolute atomic E-state index is 0.160. The molecule has 5 heteroatoms. The third kappa shape index (κ3) is 5.84. The van der Waals surface area contributed by atoms with Gasteiger partial charge in [-0.1, -0.05) is 12.6 Å². The Hall–Kier alpha value is -0.160. The first-order chi connectivity index (χ1) is 3.63. The van der Waals surface area contributed by atoms with E-state index in [1.54, 1.807) is 0 Å².